The molecule has 69 heavy (non-hydrogen) atoms. The van der Waals surface area contributed by atoms with Crippen molar-refractivity contribution in [2.75, 3.05) is 37.4 Å². The summed E-state index contributed by atoms with van der Waals surface area (Å²) in [5.41, 5.74) is 14.7. The number of methoxy groups -OCH3 is 1. The molecule has 0 bridgehead atoms. The van der Waals surface area contributed by atoms with Crippen LogP contribution in [-0.2, 0) is 30.9 Å². The Morgan fingerprint density at radius 3 is 1.75 bits per heavy atom. The van der Waals surface area contributed by atoms with Crippen LogP contribution in [0.1, 0.15) is 101 Å². The van der Waals surface area contributed by atoms with E-state index in [1.165, 1.54) is 31.4 Å². The average molecular weight is 944 g/mol. The number of benzene rings is 2. The van der Waals surface area contributed by atoms with Crippen molar-refractivity contribution in [1.29, 1.82) is 0 Å². The summed E-state index contributed by atoms with van der Waals surface area (Å²) in [6, 6.07) is 9.42. The fourth-order valence-electron chi connectivity index (χ4n) is 8.06. The highest BCUT2D eigenvalue weighted by molar-refractivity contribution is 6.05. The number of aromatic nitrogens is 8. The predicted molar refractivity (Wildman–Crippen MR) is 257 cm³/mol. The number of nitrogens with zero attached hydrogens (tertiary/aromatic N) is 9. The highest BCUT2D eigenvalue weighted by Crippen LogP contribution is 2.33. The molecule has 1 atom stereocenters. The van der Waals surface area contributed by atoms with Gasteiger partial charge in [-0.2, -0.15) is 10.2 Å². The first-order valence-electron chi connectivity index (χ1n) is 22.5. The van der Waals surface area contributed by atoms with Gasteiger partial charge in [0.2, 0.25) is 23.7 Å². The van der Waals surface area contributed by atoms with Crippen molar-refractivity contribution in [3.8, 4) is 23.3 Å². The quantitative estimate of drug-likeness (QED) is 0.0699. The first kappa shape index (κ1) is 48.8. The van der Waals surface area contributed by atoms with Gasteiger partial charge in [-0.15, -0.1) is 0 Å². The molecule has 1 aliphatic rings. The molecule has 0 radical (unpaired) electrons. The first-order chi connectivity index (χ1) is 32.9. The first-order valence-corrected chi connectivity index (χ1v) is 22.5. The summed E-state index contributed by atoms with van der Waals surface area (Å²) in [7, 11) is 1.45. The van der Waals surface area contributed by atoms with Crippen molar-refractivity contribution in [3.63, 3.8) is 0 Å². The van der Waals surface area contributed by atoms with Gasteiger partial charge in [-0.25, -0.2) is 14.8 Å². The van der Waals surface area contributed by atoms with Gasteiger partial charge in [0.05, 0.1) is 29.5 Å². The molecule has 2 aromatic carbocycles. The van der Waals surface area contributed by atoms with Gasteiger partial charge in [-0.3, -0.25) is 39.2 Å². The third-order valence-corrected chi connectivity index (χ3v) is 11.2. The lowest BCUT2D eigenvalue weighted by Gasteiger charge is -2.24. The summed E-state index contributed by atoms with van der Waals surface area (Å²) in [6.45, 7) is 15.1. The van der Waals surface area contributed by atoms with Crippen molar-refractivity contribution in [1.82, 2.24) is 43.6 Å². The van der Waals surface area contributed by atoms with Crippen LogP contribution < -0.4 is 31.6 Å². The zero-order valence-corrected chi connectivity index (χ0v) is 40.0. The number of allylic oxidation sites excluding steroid dienone is 2. The summed E-state index contributed by atoms with van der Waals surface area (Å²) in [5.74, 6) is 4.92. The molecule has 1 saturated heterocycles. The van der Waals surface area contributed by atoms with Crippen molar-refractivity contribution in [2.24, 2.45) is 17.4 Å². The molecular formula is C48H57N13O8. The van der Waals surface area contributed by atoms with Gasteiger partial charge >= 0.3 is 6.09 Å². The van der Waals surface area contributed by atoms with Crippen LogP contribution in [0.15, 0.2) is 48.6 Å². The predicted octanol–water partition coefficient (Wildman–Crippen LogP) is 5.43. The SMILES string of the molecule is CCn1nc(C)cc1C(=O)Nc1nc2cc(C(N)=O)cc(OC)c2n1C/C=C/Cn1c(NC(=O)c2cc(C)nn2CC)nc2cc(C(N)=O)cc(OCC#CCC3CCN(C(=O)OC(C)(C)C)C3)c21. The third-order valence-electron chi connectivity index (χ3n) is 11.2. The number of nitrogens with two attached hydrogens (primary N) is 2. The lowest BCUT2D eigenvalue weighted by Crippen LogP contribution is -2.35. The number of nitrogens with one attached hydrogen (secondary N) is 2. The molecule has 6 aromatic rings. The maximum Gasteiger partial charge on any atom is 0.410 e. The second-order valence-electron chi connectivity index (χ2n) is 17.5. The van der Waals surface area contributed by atoms with Crippen LogP contribution in [0.25, 0.3) is 22.1 Å². The number of primary amides is 2. The van der Waals surface area contributed by atoms with E-state index in [1.54, 1.807) is 49.4 Å². The molecule has 5 amide bonds. The van der Waals surface area contributed by atoms with E-state index < -0.39 is 29.2 Å². The van der Waals surface area contributed by atoms with E-state index >= 15 is 0 Å². The summed E-state index contributed by atoms with van der Waals surface area (Å²) in [4.78, 5) is 76.3. The number of carbonyl (C=O) groups excluding carboxylic acids is 5. The highest BCUT2D eigenvalue weighted by Gasteiger charge is 2.30. The van der Waals surface area contributed by atoms with Crippen LogP contribution >= 0.6 is 0 Å². The van der Waals surface area contributed by atoms with Crippen molar-refractivity contribution in [2.45, 2.75) is 93.1 Å². The Kier molecular flexibility index (Phi) is 14.4. The van der Waals surface area contributed by atoms with E-state index in [-0.39, 0.29) is 60.5 Å². The second-order valence-corrected chi connectivity index (χ2v) is 17.5. The molecule has 21 nitrogen and oxygen atoms in total. The number of aryl methyl sites for hydroxylation is 4. The van der Waals surface area contributed by atoms with Crippen molar-refractivity contribution >= 4 is 63.7 Å². The minimum atomic E-state index is -0.714. The zero-order valence-electron chi connectivity index (χ0n) is 40.0. The van der Waals surface area contributed by atoms with Crippen LogP contribution in [0, 0.1) is 31.6 Å². The van der Waals surface area contributed by atoms with Gasteiger partial charge in [-0.05, 0) is 97.2 Å². The van der Waals surface area contributed by atoms with Gasteiger partial charge in [0.25, 0.3) is 11.8 Å². The molecule has 1 fully saturated rings. The number of amides is 5. The molecule has 0 saturated carbocycles. The Bertz CT molecular complexity index is 3070. The lowest BCUT2D eigenvalue weighted by atomic mass is 10.1. The Balaban J connectivity index is 1.21. The van der Waals surface area contributed by atoms with E-state index in [1.807, 2.05) is 46.8 Å². The molecule has 1 aliphatic heterocycles. The molecule has 21 heteroatoms. The molecule has 0 aliphatic carbocycles. The number of fused-ring (bicyclic) bond motifs is 2. The molecule has 1 unspecified atom stereocenters. The van der Waals surface area contributed by atoms with E-state index in [4.69, 9.17) is 35.6 Å². The third kappa shape index (κ3) is 11.0. The molecule has 0 spiro atoms. The van der Waals surface area contributed by atoms with Gasteiger partial charge < -0.3 is 39.7 Å². The molecule has 7 rings (SSSR count). The molecule has 362 valence electrons. The van der Waals surface area contributed by atoms with Gasteiger partial charge in [0.1, 0.15) is 46.1 Å². The largest absolute Gasteiger partial charge is 0.494 e. The number of anilines is 2. The zero-order chi connectivity index (χ0) is 49.7. The number of ether oxygens (including phenoxy) is 3. The summed E-state index contributed by atoms with van der Waals surface area (Å²) < 4.78 is 24.1. The second kappa shape index (κ2) is 20.4. The highest BCUT2D eigenvalue weighted by atomic mass is 16.6. The maximum absolute atomic E-state index is 13.9. The van der Waals surface area contributed by atoms with Crippen molar-refractivity contribution in [3.05, 3.63) is 82.5 Å². The summed E-state index contributed by atoms with van der Waals surface area (Å²) in [6.07, 6.45) is 4.62. The van der Waals surface area contributed by atoms with Gasteiger partial charge in [0.15, 0.2) is 0 Å². The van der Waals surface area contributed by atoms with Gasteiger partial charge in [0, 0.05) is 56.8 Å². The Morgan fingerprint density at radius 1 is 0.768 bits per heavy atom. The Morgan fingerprint density at radius 2 is 1.28 bits per heavy atom. The lowest BCUT2D eigenvalue weighted by molar-refractivity contribution is 0.0288. The number of hydrogen-bond acceptors (Lipinski definition) is 12. The number of hydrogen-bond donors (Lipinski definition) is 4. The van der Waals surface area contributed by atoms with Crippen LogP contribution in [0.2, 0.25) is 0 Å². The van der Waals surface area contributed by atoms with E-state index in [0.29, 0.717) is 83.2 Å². The minimum absolute atomic E-state index is 0.0579. The van der Waals surface area contributed by atoms with E-state index in [9.17, 15) is 24.0 Å². The summed E-state index contributed by atoms with van der Waals surface area (Å²) >= 11 is 0. The van der Waals surface area contributed by atoms with Crippen LogP contribution in [0.5, 0.6) is 11.5 Å². The Labute approximate surface area is 398 Å². The molecule has 5 heterocycles. The molecular weight excluding hydrogens is 887 g/mol. The fraction of sp³-hybridized carbons (Fsp3) is 0.396. The smallest absolute Gasteiger partial charge is 0.410 e. The van der Waals surface area contributed by atoms with E-state index in [2.05, 4.69) is 32.7 Å². The topological polar surface area (TPSA) is 264 Å². The van der Waals surface area contributed by atoms with Crippen LogP contribution in [0.4, 0.5) is 16.7 Å². The van der Waals surface area contributed by atoms with Crippen LogP contribution in [-0.4, -0.2) is 106 Å². The minimum Gasteiger partial charge on any atom is -0.494 e. The van der Waals surface area contributed by atoms with Crippen LogP contribution in [0.3, 0.4) is 0 Å². The Hall–Kier alpha value is -8.15. The number of likely N-dealkylation sites (tertiary alicyclic amines) is 1. The number of rotatable bonds is 16. The monoisotopic (exact) mass is 943 g/mol. The molecule has 4 aromatic heterocycles. The average Bonchev–Trinajstić information content (AvgIpc) is 4.14. The standard InChI is InChI=1S/C48H57N13O8/c1-9-60-35(21-28(3)55-60)43(64)53-45-51-33-23-31(41(49)62)25-37(67-8)39(33)58(45)17-12-13-18-59-40-34(52-46(59)54-44(65)36-22-29(4)56-61(36)10-2)24-32(42(50)63)26-38(40)68-20-14-11-15-30-16-19-57(27-30)47(66)69-48(5,6)7/h12-13,21-26,30H,9-10,15-20,27H2,1-8H3,(H2,49,62)(H2,50,63)(H,51,53,64)(H,52,54,65)/b13-12+. The number of carbonyl (C=O) groups is 5. The summed E-state index contributed by atoms with van der Waals surface area (Å²) in [5, 5.41) is 14.7. The molecule has 6 N–H and O–H groups in total. The van der Waals surface area contributed by atoms with Crippen molar-refractivity contribution < 1.29 is 38.2 Å². The van der Waals surface area contributed by atoms with Gasteiger partial charge in [-0.1, -0.05) is 24.0 Å². The number of imidazole rings is 2. The normalized spacial score (nSPS) is 13.7. The fourth-order valence-corrected chi connectivity index (χ4v) is 8.06. The van der Waals surface area contributed by atoms with E-state index in [0.717, 1.165) is 6.42 Å². The maximum atomic E-state index is 13.9.